The van der Waals surface area contributed by atoms with Gasteiger partial charge in [-0.2, -0.15) is 0 Å². The van der Waals surface area contributed by atoms with Crippen molar-refractivity contribution in [1.82, 2.24) is 4.90 Å². The van der Waals surface area contributed by atoms with Crippen molar-refractivity contribution >= 4 is 17.6 Å². The average Bonchev–Trinajstić information content (AvgIpc) is 3.33. The molecular formula is C22H21NO5. The molecule has 28 heavy (non-hydrogen) atoms. The summed E-state index contributed by atoms with van der Waals surface area (Å²) in [4.78, 5) is 40.0. The third-order valence-corrected chi connectivity index (χ3v) is 5.10. The summed E-state index contributed by atoms with van der Waals surface area (Å²) in [6.07, 6.45) is 0.476. The maximum atomic E-state index is 13.1. The molecule has 2 aromatic rings. The molecule has 6 heteroatoms. The largest absolute Gasteiger partial charge is 0.350 e. The zero-order valence-corrected chi connectivity index (χ0v) is 15.4. The van der Waals surface area contributed by atoms with Crippen LogP contribution in [0.4, 0.5) is 0 Å². The lowest BCUT2D eigenvalue weighted by Crippen LogP contribution is -2.46. The van der Waals surface area contributed by atoms with Crippen LogP contribution in [0.1, 0.15) is 39.1 Å². The predicted molar refractivity (Wildman–Crippen MR) is 101 cm³/mol. The fourth-order valence-corrected chi connectivity index (χ4v) is 3.68. The van der Waals surface area contributed by atoms with Crippen LogP contribution in [0.3, 0.4) is 0 Å². The first-order chi connectivity index (χ1) is 13.6. The number of carbonyl (C=O) groups excluding carboxylic acids is 3. The minimum absolute atomic E-state index is 0.169. The molecule has 0 saturated carbocycles. The minimum Gasteiger partial charge on any atom is -0.350 e. The van der Waals surface area contributed by atoms with Crippen molar-refractivity contribution in [1.29, 1.82) is 0 Å². The lowest BCUT2D eigenvalue weighted by atomic mass is 9.98. The lowest BCUT2D eigenvalue weighted by molar-refractivity contribution is -0.125. The zero-order valence-electron chi connectivity index (χ0n) is 15.4. The van der Waals surface area contributed by atoms with Gasteiger partial charge in [0.05, 0.1) is 24.3 Å². The molecule has 0 radical (unpaired) electrons. The Morgan fingerprint density at radius 3 is 2.11 bits per heavy atom. The van der Waals surface area contributed by atoms with Gasteiger partial charge >= 0.3 is 0 Å². The summed E-state index contributed by atoms with van der Waals surface area (Å²) in [6.45, 7) is 1.04. The molecule has 1 unspecified atom stereocenters. The van der Waals surface area contributed by atoms with E-state index in [1.54, 1.807) is 24.3 Å². The van der Waals surface area contributed by atoms with E-state index in [0.717, 1.165) is 10.5 Å². The first kappa shape index (κ1) is 18.5. The van der Waals surface area contributed by atoms with Gasteiger partial charge in [0.1, 0.15) is 6.04 Å². The average molecular weight is 379 g/mol. The van der Waals surface area contributed by atoms with Crippen LogP contribution in [0.25, 0.3) is 0 Å². The number of nitrogens with zero attached hydrogens (tertiary/aromatic N) is 1. The molecule has 2 aliphatic rings. The highest BCUT2D eigenvalue weighted by Gasteiger charge is 2.42. The number of benzene rings is 2. The van der Waals surface area contributed by atoms with Crippen LogP contribution in [-0.2, 0) is 20.7 Å². The monoisotopic (exact) mass is 379 g/mol. The second kappa shape index (κ2) is 8.04. The fraction of sp³-hybridized carbons (Fsp3) is 0.318. The van der Waals surface area contributed by atoms with Gasteiger partial charge in [0, 0.05) is 19.3 Å². The van der Waals surface area contributed by atoms with Crippen LogP contribution in [0.2, 0.25) is 0 Å². The van der Waals surface area contributed by atoms with Gasteiger partial charge in [-0.15, -0.1) is 0 Å². The molecule has 1 atom stereocenters. The summed E-state index contributed by atoms with van der Waals surface area (Å²) in [5.41, 5.74) is 1.59. The maximum Gasteiger partial charge on any atom is 0.262 e. The van der Waals surface area contributed by atoms with Crippen molar-refractivity contribution in [3.8, 4) is 0 Å². The molecule has 2 aliphatic heterocycles. The minimum atomic E-state index is -0.851. The summed E-state index contributed by atoms with van der Waals surface area (Å²) in [5.74, 6) is -0.996. The molecule has 1 fully saturated rings. The summed E-state index contributed by atoms with van der Waals surface area (Å²) >= 11 is 0. The Labute approximate surface area is 163 Å². The Bertz CT molecular complexity index is 854. The quantitative estimate of drug-likeness (QED) is 0.692. The molecule has 1 saturated heterocycles. The number of amides is 2. The van der Waals surface area contributed by atoms with Crippen molar-refractivity contribution in [3.05, 3.63) is 71.3 Å². The molecule has 0 aromatic heterocycles. The smallest absolute Gasteiger partial charge is 0.262 e. The molecule has 2 amide bonds. The number of hydrogen-bond acceptors (Lipinski definition) is 5. The van der Waals surface area contributed by atoms with Gasteiger partial charge in [-0.3, -0.25) is 19.3 Å². The number of rotatable bonds is 7. The molecule has 2 heterocycles. The van der Waals surface area contributed by atoms with E-state index < -0.39 is 24.1 Å². The molecular weight excluding hydrogens is 358 g/mol. The molecule has 4 rings (SSSR count). The third-order valence-electron chi connectivity index (χ3n) is 5.10. The third kappa shape index (κ3) is 3.61. The van der Waals surface area contributed by atoms with Crippen molar-refractivity contribution in [2.24, 2.45) is 0 Å². The van der Waals surface area contributed by atoms with Crippen molar-refractivity contribution in [2.45, 2.75) is 31.6 Å². The lowest BCUT2D eigenvalue weighted by Gasteiger charge is -2.25. The number of ether oxygens (including phenoxy) is 2. The standard InChI is InChI=1S/C22H21NO5/c24-19(10-11-20-27-12-13-28-20)18(14-15-6-2-1-3-7-15)23-21(25)16-8-4-5-9-17(16)22(23)26/h1-9,18,20H,10-14H2. The molecule has 0 spiro atoms. The number of carbonyl (C=O) groups is 3. The number of hydrogen-bond donors (Lipinski definition) is 0. The summed E-state index contributed by atoms with van der Waals surface area (Å²) in [5, 5.41) is 0. The highest BCUT2D eigenvalue weighted by Crippen LogP contribution is 2.27. The molecule has 0 bridgehead atoms. The van der Waals surface area contributed by atoms with E-state index in [1.165, 1.54) is 0 Å². The first-order valence-electron chi connectivity index (χ1n) is 9.42. The second-order valence-electron chi connectivity index (χ2n) is 6.91. The van der Waals surface area contributed by atoms with E-state index in [0.29, 0.717) is 30.8 Å². The molecule has 6 nitrogen and oxygen atoms in total. The van der Waals surface area contributed by atoms with Crippen LogP contribution in [0.5, 0.6) is 0 Å². The number of ketones is 1. The first-order valence-corrected chi connectivity index (χ1v) is 9.42. The Morgan fingerprint density at radius 1 is 0.929 bits per heavy atom. The predicted octanol–water partition coefficient (Wildman–Crippen LogP) is 2.62. The summed E-state index contributed by atoms with van der Waals surface area (Å²) < 4.78 is 10.8. The van der Waals surface area contributed by atoms with Crippen LogP contribution in [-0.4, -0.2) is 48.0 Å². The van der Waals surface area contributed by atoms with Gasteiger partial charge in [-0.25, -0.2) is 0 Å². The van der Waals surface area contributed by atoms with Gasteiger partial charge in [0.15, 0.2) is 12.1 Å². The Balaban J connectivity index is 1.58. The normalized spacial score (nSPS) is 17.8. The number of Topliss-reactive ketones (excluding diaryl/α,β-unsaturated/α-hetero) is 1. The van der Waals surface area contributed by atoms with Crippen LogP contribution >= 0.6 is 0 Å². The number of imide groups is 1. The van der Waals surface area contributed by atoms with Crippen LogP contribution < -0.4 is 0 Å². The second-order valence-corrected chi connectivity index (χ2v) is 6.91. The van der Waals surface area contributed by atoms with Gasteiger partial charge in [0.2, 0.25) is 0 Å². The van der Waals surface area contributed by atoms with Gasteiger partial charge in [-0.05, 0) is 17.7 Å². The summed E-state index contributed by atoms with van der Waals surface area (Å²) in [7, 11) is 0. The highest BCUT2D eigenvalue weighted by molar-refractivity contribution is 6.22. The molecule has 144 valence electrons. The van der Waals surface area contributed by atoms with Crippen LogP contribution in [0, 0.1) is 0 Å². The maximum absolute atomic E-state index is 13.1. The van der Waals surface area contributed by atoms with Crippen molar-refractivity contribution in [2.75, 3.05) is 13.2 Å². The molecule has 2 aromatic carbocycles. The van der Waals surface area contributed by atoms with E-state index in [9.17, 15) is 14.4 Å². The fourth-order valence-electron chi connectivity index (χ4n) is 3.68. The molecule has 0 aliphatic carbocycles. The van der Waals surface area contributed by atoms with E-state index in [-0.39, 0.29) is 18.6 Å². The zero-order chi connectivity index (χ0) is 19.5. The van der Waals surface area contributed by atoms with Crippen molar-refractivity contribution < 1.29 is 23.9 Å². The van der Waals surface area contributed by atoms with Gasteiger partial charge in [-0.1, -0.05) is 42.5 Å². The van der Waals surface area contributed by atoms with E-state index >= 15 is 0 Å². The molecule has 0 N–H and O–H groups in total. The Morgan fingerprint density at radius 2 is 1.50 bits per heavy atom. The Hall–Kier alpha value is -2.83. The van der Waals surface area contributed by atoms with Gasteiger partial charge in [0.25, 0.3) is 11.8 Å². The Kier molecular flexibility index (Phi) is 5.32. The SMILES string of the molecule is O=C(CCC1OCCO1)C(Cc1ccccc1)N1C(=O)c2ccccc2C1=O. The van der Waals surface area contributed by atoms with Gasteiger partial charge < -0.3 is 9.47 Å². The highest BCUT2D eigenvalue weighted by atomic mass is 16.7. The topological polar surface area (TPSA) is 72.9 Å². The summed E-state index contributed by atoms with van der Waals surface area (Å²) in [6, 6.07) is 15.3. The van der Waals surface area contributed by atoms with Crippen LogP contribution in [0.15, 0.2) is 54.6 Å². The number of fused-ring (bicyclic) bond motifs is 1. The van der Waals surface area contributed by atoms with Crippen molar-refractivity contribution in [3.63, 3.8) is 0 Å². The van der Waals surface area contributed by atoms with E-state index in [4.69, 9.17) is 9.47 Å². The van der Waals surface area contributed by atoms with E-state index in [2.05, 4.69) is 0 Å². The van der Waals surface area contributed by atoms with E-state index in [1.807, 2.05) is 30.3 Å².